The van der Waals surface area contributed by atoms with Crippen molar-refractivity contribution in [1.29, 1.82) is 0 Å². The number of esters is 1. The molecule has 0 fully saturated rings. The van der Waals surface area contributed by atoms with Gasteiger partial charge in [-0.2, -0.15) is 5.10 Å². The fourth-order valence-corrected chi connectivity index (χ4v) is 5.40. The highest BCUT2D eigenvalue weighted by Crippen LogP contribution is 2.38. The van der Waals surface area contributed by atoms with Crippen molar-refractivity contribution in [3.05, 3.63) is 58.1 Å². The van der Waals surface area contributed by atoms with Gasteiger partial charge in [-0.05, 0) is 38.5 Å². The number of hydrogen-bond acceptors (Lipinski definition) is 7. The van der Waals surface area contributed by atoms with Gasteiger partial charge in [0.05, 0.1) is 23.5 Å². The Labute approximate surface area is 214 Å². The van der Waals surface area contributed by atoms with E-state index in [1.165, 1.54) is 0 Å². The van der Waals surface area contributed by atoms with Gasteiger partial charge in [0.2, 0.25) is 0 Å². The third-order valence-electron chi connectivity index (χ3n) is 4.80. The van der Waals surface area contributed by atoms with E-state index in [0.717, 1.165) is 27.5 Å². The molecule has 4 aromatic rings. The number of thioether (sulfide) groups is 1. The summed E-state index contributed by atoms with van der Waals surface area (Å²) in [7, 11) is 0. The van der Waals surface area contributed by atoms with E-state index in [0.29, 0.717) is 21.6 Å². The van der Waals surface area contributed by atoms with Crippen LogP contribution in [-0.4, -0.2) is 31.5 Å². The van der Waals surface area contributed by atoms with Gasteiger partial charge in [0.15, 0.2) is 10.0 Å². The summed E-state index contributed by atoms with van der Waals surface area (Å²) < 4.78 is 33.3. The average Bonchev–Trinajstić information content (AvgIpc) is 3.41. The molecule has 184 valence electrons. The zero-order valence-electron chi connectivity index (χ0n) is 19.3. The van der Waals surface area contributed by atoms with Crippen molar-refractivity contribution >= 4 is 51.6 Å². The lowest BCUT2D eigenvalue weighted by molar-refractivity contribution is -0.155. The molecule has 6 nitrogen and oxygen atoms in total. The maximum absolute atomic E-state index is 13.2. The number of halogens is 3. The zero-order chi connectivity index (χ0) is 25.2. The topological polar surface area (TPSA) is 69.9 Å². The van der Waals surface area contributed by atoms with Gasteiger partial charge >= 0.3 is 5.97 Å². The van der Waals surface area contributed by atoms with E-state index in [2.05, 4.69) is 15.3 Å². The minimum atomic E-state index is -2.72. The molecule has 0 aliphatic heterocycles. The Hall–Kier alpha value is -2.56. The predicted octanol–water partition coefficient (Wildman–Crippen LogP) is 7.17. The van der Waals surface area contributed by atoms with Gasteiger partial charge < -0.3 is 4.74 Å². The number of aromatic nitrogens is 4. The summed E-state index contributed by atoms with van der Waals surface area (Å²) in [5.41, 5.74) is 1.56. The van der Waals surface area contributed by atoms with Crippen LogP contribution in [0.4, 0.5) is 8.78 Å². The summed E-state index contributed by atoms with van der Waals surface area (Å²) in [5, 5.41) is 13.1. The van der Waals surface area contributed by atoms with Crippen LogP contribution < -0.4 is 0 Å². The van der Waals surface area contributed by atoms with Crippen LogP contribution in [-0.2, 0) is 21.8 Å². The van der Waals surface area contributed by atoms with Crippen molar-refractivity contribution < 1.29 is 18.3 Å². The van der Waals surface area contributed by atoms with E-state index < -0.39 is 12.0 Å². The fourth-order valence-electron chi connectivity index (χ4n) is 3.39. The molecule has 0 aliphatic carbocycles. The molecule has 11 heteroatoms. The van der Waals surface area contributed by atoms with Gasteiger partial charge in [-0.25, -0.2) is 8.78 Å². The Morgan fingerprint density at radius 1 is 1.20 bits per heavy atom. The van der Waals surface area contributed by atoms with Crippen molar-refractivity contribution in [1.82, 2.24) is 20.0 Å². The zero-order valence-corrected chi connectivity index (χ0v) is 21.7. The number of carbonyl (C=O) groups is 1. The van der Waals surface area contributed by atoms with Crippen LogP contribution in [0.5, 0.6) is 0 Å². The maximum Gasteiger partial charge on any atom is 0.308 e. The second kappa shape index (κ2) is 10.6. The lowest BCUT2D eigenvalue weighted by Crippen LogP contribution is -2.24. The number of rotatable bonds is 8. The van der Waals surface area contributed by atoms with Crippen LogP contribution in [0.1, 0.15) is 44.2 Å². The van der Waals surface area contributed by atoms with Crippen LogP contribution in [0.2, 0.25) is 5.02 Å². The molecule has 2 aromatic heterocycles. The van der Waals surface area contributed by atoms with E-state index in [1.54, 1.807) is 37.2 Å². The first-order valence-corrected chi connectivity index (χ1v) is 13.0. The fraction of sp³-hybridized carbons (Fsp3) is 0.333. The highest BCUT2D eigenvalue weighted by molar-refractivity contribution is 7.98. The Morgan fingerprint density at radius 2 is 1.94 bits per heavy atom. The molecule has 2 aromatic carbocycles. The van der Waals surface area contributed by atoms with Crippen molar-refractivity contribution in [2.75, 3.05) is 0 Å². The summed E-state index contributed by atoms with van der Waals surface area (Å²) in [6, 6.07) is 13.8. The molecule has 2 heterocycles. The highest BCUT2D eigenvalue weighted by Gasteiger charge is 2.23. The van der Waals surface area contributed by atoms with Crippen LogP contribution in [0.3, 0.4) is 0 Å². The summed E-state index contributed by atoms with van der Waals surface area (Å²) in [4.78, 5) is 13.2. The molecule has 0 bridgehead atoms. The predicted molar refractivity (Wildman–Crippen MR) is 135 cm³/mol. The molecule has 0 radical (unpaired) electrons. The number of hydrogen-bond donors (Lipinski definition) is 0. The monoisotopic (exact) mass is 536 g/mol. The van der Waals surface area contributed by atoms with Gasteiger partial charge in [0.1, 0.15) is 11.3 Å². The smallest absolute Gasteiger partial charge is 0.308 e. The molecule has 0 aliphatic rings. The molecular formula is C24H23ClF2N4O2S2. The average molecular weight is 537 g/mol. The van der Waals surface area contributed by atoms with Gasteiger partial charge in [-0.1, -0.05) is 53.3 Å². The minimum Gasteiger partial charge on any atom is -0.460 e. The lowest BCUT2D eigenvalue weighted by Gasteiger charge is -2.19. The van der Waals surface area contributed by atoms with Crippen molar-refractivity contribution in [3.8, 4) is 10.7 Å². The third kappa shape index (κ3) is 6.36. The molecule has 0 saturated heterocycles. The number of fused-ring (bicyclic) bond motifs is 1. The molecule has 35 heavy (non-hydrogen) atoms. The standard InChI is InChI=1S/C24H23ClF2N4O2S2/c1-24(2,3)33-18(32)9-10-31-20-16(19(30-31)22-28-29-23(35-22)21(26)27)11-15(12-17(20)25)34-13-14-7-5-4-6-8-14/h4-8,11-12,21H,9-10,13H2,1-3H3. The number of carbonyl (C=O) groups excluding carboxylic acids is 1. The molecule has 0 saturated carbocycles. The maximum atomic E-state index is 13.2. The Bertz CT molecular complexity index is 1340. The first kappa shape index (κ1) is 25.5. The van der Waals surface area contributed by atoms with Gasteiger partial charge in [0.25, 0.3) is 6.43 Å². The van der Waals surface area contributed by atoms with E-state index >= 15 is 0 Å². The van der Waals surface area contributed by atoms with E-state index in [1.807, 2.05) is 42.5 Å². The van der Waals surface area contributed by atoms with E-state index in [4.69, 9.17) is 16.3 Å². The molecule has 0 unspecified atom stereocenters. The quantitative estimate of drug-likeness (QED) is 0.176. The van der Waals surface area contributed by atoms with Crippen LogP contribution in [0.15, 0.2) is 47.4 Å². The molecular weight excluding hydrogens is 514 g/mol. The summed E-state index contributed by atoms with van der Waals surface area (Å²) in [6.45, 7) is 5.61. The molecule has 4 rings (SSSR count). The first-order chi connectivity index (χ1) is 16.6. The Kier molecular flexibility index (Phi) is 7.73. The van der Waals surface area contributed by atoms with E-state index in [9.17, 15) is 13.6 Å². The minimum absolute atomic E-state index is 0.0761. The normalized spacial score (nSPS) is 12.0. The van der Waals surface area contributed by atoms with Gasteiger partial charge in [-0.15, -0.1) is 22.0 Å². The number of alkyl halides is 2. The van der Waals surface area contributed by atoms with Gasteiger partial charge in [0, 0.05) is 16.0 Å². The summed E-state index contributed by atoms with van der Waals surface area (Å²) in [5.74, 6) is 0.365. The number of aryl methyl sites for hydroxylation is 1. The van der Waals surface area contributed by atoms with Crippen LogP contribution in [0, 0.1) is 0 Å². The molecule has 0 amide bonds. The number of nitrogens with zero attached hydrogens (tertiary/aromatic N) is 4. The van der Waals surface area contributed by atoms with Crippen molar-refractivity contribution in [3.63, 3.8) is 0 Å². The second-order valence-corrected chi connectivity index (χ2v) is 11.2. The summed E-state index contributed by atoms with van der Waals surface area (Å²) in [6.07, 6.45) is -2.64. The first-order valence-electron chi connectivity index (χ1n) is 10.8. The largest absolute Gasteiger partial charge is 0.460 e. The lowest BCUT2D eigenvalue weighted by atomic mass is 10.2. The Morgan fingerprint density at radius 3 is 2.60 bits per heavy atom. The highest BCUT2D eigenvalue weighted by atomic mass is 35.5. The number of ether oxygens (including phenoxy) is 1. The van der Waals surface area contributed by atoms with E-state index in [-0.39, 0.29) is 29.0 Å². The van der Waals surface area contributed by atoms with Gasteiger partial charge in [-0.3, -0.25) is 9.48 Å². The number of benzene rings is 2. The molecule has 0 atom stereocenters. The molecule has 0 spiro atoms. The molecule has 0 N–H and O–H groups in total. The Balaban J connectivity index is 1.70. The third-order valence-corrected chi connectivity index (χ3v) is 7.07. The van der Waals surface area contributed by atoms with Crippen LogP contribution >= 0.6 is 34.7 Å². The SMILES string of the molecule is CC(C)(C)OC(=O)CCn1nc(-c2nnc(C(F)F)s2)c2cc(SCc3ccccc3)cc(Cl)c21. The van der Waals surface area contributed by atoms with Crippen molar-refractivity contribution in [2.24, 2.45) is 0 Å². The van der Waals surface area contributed by atoms with Crippen molar-refractivity contribution in [2.45, 2.75) is 56.4 Å². The second-order valence-electron chi connectivity index (χ2n) is 8.73. The summed E-state index contributed by atoms with van der Waals surface area (Å²) >= 11 is 9.07. The van der Waals surface area contributed by atoms with Crippen LogP contribution in [0.25, 0.3) is 21.6 Å².